The van der Waals surface area contributed by atoms with Crippen LogP contribution < -0.4 is 0 Å². The van der Waals surface area contributed by atoms with Gasteiger partial charge in [-0.05, 0) is 102 Å². The molecule has 9 rings (SSSR count). The lowest BCUT2D eigenvalue weighted by molar-refractivity contribution is 0.423. The molecule has 4 heteroatoms. The van der Waals surface area contributed by atoms with Crippen LogP contribution in [0.2, 0.25) is 0 Å². The first-order valence-corrected chi connectivity index (χ1v) is 17.5. The van der Waals surface area contributed by atoms with E-state index in [1.807, 2.05) is 30.3 Å². The molecule has 51 heavy (non-hydrogen) atoms. The van der Waals surface area contributed by atoms with Gasteiger partial charge in [0, 0.05) is 65.5 Å². The molecule has 0 N–H and O–H groups in total. The van der Waals surface area contributed by atoms with Crippen LogP contribution >= 0.6 is 0 Å². The highest BCUT2D eigenvalue weighted by atomic mass is 15.1. The van der Waals surface area contributed by atoms with Crippen molar-refractivity contribution in [2.24, 2.45) is 0 Å². The maximum Gasteiger partial charge on any atom is 0.0991 e. The third kappa shape index (κ3) is 5.07. The van der Waals surface area contributed by atoms with Crippen LogP contribution in [0.15, 0.2) is 127 Å². The monoisotopic (exact) mass is 660 g/mol. The molecule has 0 unspecified atom stereocenters. The fourth-order valence-electron chi connectivity index (χ4n) is 7.97. The number of aromatic nitrogens is 3. The molecule has 4 nitrogen and oxygen atoms in total. The highest BCUT2D eigenvalue weighted by molar-refractivity contribution is 6.14. The standard InChI is InChI=1S/C28H24N2.C19H16N2/c1-28(2,3)30-25-17-9-6-13-21(25)22-14-10-18-26(27(22)30)29-23-15-7-4-11-19(23)20-12-5-8-16-24(20)29;1-5-13-6-8-17-15(10-13)16-11-14(12-20)7-9-18(16)21(17)19(2,3)4/h4-18H,1-3H3;1,6-11H,2-4H3. The predicted molar refractivity (Wildman–Crippen MR) is 216 cm³/mol. The summed E-state index contributed by atoms with van der Waals surface area (Å²) in [7, 11) is 0. The molecule has 0 spiro atoms. The second-order valence-electron chi connectivity index (χ2n) is 15.3. The minimum atomic E-state index is -0.0498. The van der Waals surface area contributed by atoms with E-state index in [4.69, 9.17) is 11.7 Å². The van der Waals surface area contributed by atoms with Crippen LogP contribution in [-0.2, 0) is 11.1 Å². The van der Waals surface area contributed by atoms with Crippen molar-refractivity contribution in [1.29, 1.82) is 5.26 Å². The Hall–Kier alpha value is -6.23. The summed E-state index contributed by atoms with van der Waals surface area (Å²) in [5, 5.41) is 16.5. The van der Waals surface area contributed by atoms with Gasteiger partial charge in [-0.2, -0.15) is 5.26 Å². The first-order chi connectivity index (χ1) is 24.5. The van der Waals surface area contributed by atoms with Crippen molar-refractivity contribution in [3.8, 4) is 24.1 Å². The van der Waals surface area contributed by atoms with E-state index in [2.05, 4.69) is 164 Å². The number of fused-ring (bicyclic) bond motifs is 9. The van der Waals surface area contributed by atoms with E-state index in [0.717, 1.165) is 27.4 Å². The van der Waals surface area contributed by atoms with Crippen molar-refractivity contribution < 1.29 is 0 Å². The molecule has 0 fully saturated rings. The van der Waals surface area contributed by atoms with Gasteiger partial charge in [0.1, 0.15) is 0 Å². The Morgan fingerprint density at radius 1 is 0.471 bits per heavy atom. The molecule has 248 valence electrons. The van der Waals surface area contributed by atoms with Crippen LogP contribution in [0.5, 0.6) is 0 Å². The zero-order valence-electron chi connectivity index (χ0n) is 30.0. The maximum atomic E-state index is 9.15. The number of para-hydroxylation sites is 4. The van der Waals surface area contributed by atoms with Crippen LogP contribution in [0, 0.1) is 23.7 Å². The van der Waals surface area contributed by atoms with E-state index in [-0.39, 0.29) is 11.1 Å². The number of nitriles is 1. The number of hydrogen-bond donors (Lipinski definition) is 0. The maximum absolute atomic E-state index is 9.15. The van der Waals surface area contributed by atoms with Crippen LogP contribution in [0.3, 0.4) is 0 Å². The van der Waals surface area contributed by atoms with Gasteiger partial charge in [-0.1, -0.05) is 72.7 Å². The predicted octanol–water partition coefficient (Wildman–Crippen LogP) is 12.0. The topological polar surface area (TPSA) is 38.6 Å². The highest BCUT2D eigenvalue weighted by Gasteiger charge is 2.24. The first-order valence-electron chi connectivity index (χ1n) is 17.5. The Kier molecular flexibility index (Phi) is 7.33. The number of hydrogen-bond acceptors (Lipinski definition) is 1. The zero-order valence-corrected chi connectivity index (χ0v) is 30.0. The summed E-state index contributed by atoms with van der Waals surface area (Å²) in [5.41, 5.74) is 10.0. The second kappa shape index (κ2) is 11.7. The van der Waals surface area contributed by atoms with E-state index in [9.17, 15) is 0 Å². The summed E-state index contributed by atoms with van der Waals surface area (Å²) in [4.78, 5) is 0. The van der Waals surface area contributed by atoms with Crippen molar-refractivity contribution in [1.82, 2.24) is 13.7 Å². The van der Waals surface area contributed by atoms with Gasteiger partial charge in [0.15, 0.2) is 0 Å². The number of rotatable bonds is 1. The van der Waals surface area contributed by atoms with Crippen molar-refractivity contribution in [3.05, 3.63) is 139 Å². The molecule has 0 saturated carbocycles. The van der Waals surface area contributed by atoms with Gasteiger partial charge in [0.05, 0.1) is 33.9 Å². The van der Waals surface area contributed by atoms with E-state index >= 15 is 0 Å². The Morgan fingerprint density at radius 2 is 0.922 bits per heavy atom. The van der Waals surface area contributed by atoms with Crippen LogP contribution in [0.1, 0.15) is 52.7 Å². The van der Waals surface area contributed by atoms with Crippen LogP contribution in [0.25, 0.3) is 71.1 Å². The molecule has 0 aliphatic rings. The third-order valence-electron chi connectivity index (χ3n) is 9.90. The average Bonchev–Trinajstić information content (AvgIpc) is 3.77. The van der Waals surface area contributed by atoms with Crippen molar-refractivity contribution in [3.63, 3.8) is 0 Å². The van der Waals surface area contributed by atoms with Crippen LogP contribution in [0.4, 0.5) is 0 Å². The summed E-state index contributed by atoms with van der Waals surface area (Å²) < 4.78 is 7.25. The Labute approximate surface area is 298 Å². The van der Waals surface area contributed by atoms with Crippen molar-refractivity contribution >= 4 is 65.4 Å². The lowest BCUT2D eigenvalue weighted by Gasteiger charge is -2.25. The lowest BCUT2D eigenvalue weighted by Crippen LogP contribution is -2.22. The molecule has 0 aliphatic heterocycles. The molecular formula is C47H40N4. The smallest absolute Gasteiger partial charge is 0.0991 e. The highest BCUT2D eigenvalue weighted by Crippen LogP contribution is 2.40. The van der Waals surface area contributed by atoms with Crippen molar-refractivity contribution in [2.75, 3.05) is 0 Å². The molecule has 3 heterocycles. The van der Waals surface area contributed by atoms with Gasteiger partial charge >= 0.3 is 0 Å². The second-order valence-corrected chi connectivity index (χ2v) is 15.3. The molecular weight excluding hydrogens is 621 g/mol. The number of benzene rings is 6. The molecule has 0 saturated heterocycles. The van der Waals surface area contributed by atoms with Gasteiger partial charge in [0.25, 0.3) is 0 Å². The minimum absolute atomic E-state index is 0.0454. The molecule has 3 aromatic heterocycles. The van der Waals surface area contributed by atoms with Gasteiger partial charge in [0.2, 0.25) is 0 Å². The molecule has 9 aromatic rings. The van der Waals surface area contributed by atoms with E-state index < -0.39 is 0 Å². The Balaban J connectivity index is 0.000000157. The molecule has 0 radical (unpaired) electrons. The van der Waals surface area contributed by atoms with Gasteiger partial charge in [-0.15, -0.1) is 6.42 Å². The zero-order chi connectivity index (χ0) is 35.7. The van der Waals surface area contributed by atoms with Crippen LogP contribution in [-0.4, -0.2) is 13.7 Å². The SMILES string of the molecule is C#Cc1ccc2c(c1)c1cc(C#N)ccc1n2C(C)(C)C.CC(C)(C)n1c2ccccc2c2cccc(-n3c4ccccc4c4ccccc43)c21. The van der Waals surface area contributed by atoms with Crippen molar-refractivity contribution in [2.45, 2.75) is 52.6 Å². The summed E-state index contributed by atoms with van der Waals surface area (Å²) in [6, 6.07) is 47.1. The summed E-state index contributed by atoms with van der Waals surface area (Å²) in [6.07, 6.45) is 5.52. The van der Waals surface area contributed by atoms with Gasteiger partial charge in [-0.25, -0.2) is 0 Å². The Bertz CT molecular complexity index is 2770. The normalized spacial score (nSPS) is 12.1. The molecule has 6 aromatic carbocycles. The average molecular weight is 661 g/mol. The first kappa shape index (κ1) is 32.0. The fourth-order valence-corrected chi connectivity index (χ4v) is 7.97. The lowest BCUT2D eigenvalue weighted by atomic mass is 10.1. The summed E-state index contributed by atoms with van der Waals surface area (Å²) >= 11 is 0. The quantitative estimate of drug-likeness (QED) is 0.162. The van der Waals surface area contributed by atoms with E-state index in [1.54, 1.807) is 0 Å². The molecule has 0 aliphatic carbocycles. The molecule has 0 amide bonds. The number of nitrogens with zero attached hydrogens (tertiary/aromatic N) is 4. The molecule has 0 bridgehead atoms. The number of terminal acetylenes is 1. The van der Waals surface area contributed by atoms with E-state index in [0.29, 0.717) is 5.56 Å². The fraction of sp³-hybridized carbons (Fsp3) is 0.170. The molecule has 0 atom stereocenters. The summed E-state index contributed by atoms with van der Waals surface area (Å²) in [6.45, 7) is 13.4. The minimum Gasteiger partial charge on any atom is -0.335 e. The van der Waals surface area contributed by atoms with Gasteiger partial charge < -0.3 is 13.7 Å². The third-order valence-corrected chi connectivity index (χ3v) is 9.90. The summed E-state index contributed by atoms with van der Waals surface area (Å²) in [5.74, 6) is 2.69. The van der Waals surface area contributed by atoms with E-state index in [1.165, 1.54) is 49.3 Å². The van der Waals surface area contributed by atoms with Gasteiger partial charge in [-0.3, -0.25) is 0 Å². The largest absolute Gasteiger partial charge is 0.335 e. The Morgan fingerprint density at radius 3 is 1.45 bits per heavy atom.